The minimum absolute atomic E-state index is 0.219. The number of nitrogens with zero attached hydrogens (tertiary/aromatic N) is 1. The van der Waals surface area contributed by atoms with Crippen LogP contribution in [0.5, 0.6) is 0 Å². The average Bonchev–Trinajstić information content (AvgIpc) is 2.55. The van der Waals surface area contributed by atoms with Crippen molar-refractivity contribution in [1.29, 1.82) is 0 Å². The molecule has 0 unspecified atom stereocenters. The van der Waals surface area contributed by atoms with Gasteiger partial charge in [0.2, 0.25) is 0 Å². The van der Waals surface area contributed by atoms with Gasteiger partial charge in [0, 0.05) is 28.6 Å². The van der Waals surface area contributed by atoms with Crippen LogP contribution in [0.2, 0.25) is 0 Å². The van der Waals surface area contributed by atoms with Crippen LogP contribution in [0.1, 0.15) is 24.2 Å². The molecule has 0 fully saturated rings. The van der Waals surface area contributed by atoms with Gasteiger partial charge in [-0.1, -0.05) is 13.8 Å². The number of hydrogen-bond donors (Lipinski definition) is 1. The van der Waals surface area contributed by atoms with Gasteiger partial charge < -0.3 is 9.73 Å². The summed E-state index contributed by atoms with van der Waals surface area (Å²) in [5, 5.41) is 4.65. The number of nitrogens with one attached hydrogen (secondary N) is 1. The third-order valence-electron chi connectivity index (χ3n) is 3.24. The molecule has 0 spiro atoms. The normalized spacial score (nSPS) is 11.0. The molecular formula is C18H16N2O3S. The van der Waals surface area contributed by atoms with Crippen LogP contribution < -0.4 is 10.9 Å². The molecule has 0 aliphatic heterocycles. The number of hydrogen-bond acceptors (Lipinski definition) is 5. The van der Waals surface area contributed by atoms with E-state index >= 15 is 0 Å². The van der Waals surface area contributed by atoms with Crippen molar-refractivity contribution in [3.8, 4) is 0 Å². The first-order valence-electron chi connectivity index (χ1n) is 7.50. The molecule has 0 aliphatic carbocycles. The smallest absolute Gasteiger partial charge is 0.336 e. The largest absolute Gasteiger partial charge is 0.423 e. The Labute approximate surface area is 143 Å². The Morgan fingerprint density at radius 3 is 2.83 bits per heavy atom. The van der Waals surface area contributed by atoms with Crippen LogP contribution in [0.25, 0.3) is 11.0 Å². The van der Waals surface area contributed by atoms with Crippen LogP contribution in [0.4, 0.5) is 5.69 Å². The Kier molecular flexibility index (Phi) is 4.66. The van der Waals surface area contributed by atoms with E-state index in [-0.39, 0.29) is 5.91 Å². The zero-order valence-corrected chi connectivity index (χ0v) is 14.1. The molecule has 0 radical (unpaired) electrons. The number of fused-ring (bicyclic) bond motifs is 1. The summed E-state index contributed by atoms with van der Waals surface area (Å²) in [5.74, 6) is -0.219. The molecule has 0 aliphatic rings. The topological polar surface area (TPSA) is 72.2 Å². The van der Waals surface area contributed by atoms with Crippen molar-refractivity contribution in [3.63, 3.8) is 0 Å². The molecule has 3 aromatic rings. The first-order chi connectivity index (χ1) is 11.5. The number of rotatable bonds is 4. The second-order valence-corrected chi connectivity index (χ2v) is 7.05. The Bertz CT molecular complexity index is 950. The molecule has 122 valence electrons. The Balaban J connectivity index is 1.87. The van der Waals surface area contributed by atoms with Gasteiger partial charge in [-0.25, -0.2) is 9.78 Å². The highest BCUT2D eigenvalue weighted by atomic mass is 32.2. The molecule has 0 saturated heterocycles. The zero-order valence-electron chi connectivity index (χ0n) is 13.3. The number of aromatic nitrogens is 1. The highest BCUT2D eigenvalue weighted by Crippen LogP contribution is 2.25. The van der Waals surface area contributed by atoms with Gasteiger partial charge in [0.25, 0.3) is 5.91 Å². The average molecular weight is 340 g/mol. The SMILES string of the molecule is CC(C)Sc1ncccc1C(=O)Nc1ccc2oc(=O)ccc2c1. The molecule has 0 atom stereocenters. The highest BCUT2D eigenvalue weighted by Gasteiger charge is 2.14. The van der Waals surface area contributed by atoms with Crippen molar-refractivity contribution < 1.29 is 9.21 Å². The predicted molar refractivity (Wildman–Crippen MR) is 95.7 cm³/mol. The summed E-state index contributed by atoms with van der Waals surface area (Å²) in [5.41, 5.74) is 1.25. The summed E-state index contributed by atoms with van der Waals surface area (Å²) >= 11 is 1.55. The van der Waals surface area contributed by atoms with Crippen molar-refractivity contribution >= 4 is 34.3 Å². The number of benzene rings is 1. The van der Waals surface area contributed by atoms with Crippen molar-refractivity contribution in [2.75, 3.05) is 5.32 Å². The van der Waals surface area contributed by atoms with Crippen LogP contribution in [0.3, 0.4) is 0 Å². The number of pyridine rings is 1. The fraction of sp³-hybridized carbons (Fsp3) is 0.167. The monoisotopic (exact) mass is 340 g/mol. The summed E-state index contributed by atoms with van der Waals surface area (Å²) in [6.45, 7) is 4.11. The lowest BCUT2D eigenvalue weighted by Crippen LogP contribution is -2.14. The fourth-order valence-corrected chi connectivity index (χ4v) is 3.08. The van der Waals surface area contributed by atoms with Gasteiger partial charge in [-0.3, -0.25) is 4.79 Å². The lowest BCUT2D eigenvalue weighted by molar-refractivity contribution is 0.102. The van der Waals surface area contributed by atoms with Crippen LogP contribution >= 0.6 is 11.8 Å². The standard InChI is InChI=1S/C18H16N2O3S/c1-11(2)24-18-14(4-3-9-19-18)17(22)20-13-6-7-15-12(10-13)5-8-16(21)23-15/h3-11H,1-2H3,(H,20,22). The molecule has 2 aromatic heterocycles. The first-order valence-corrected chi connectivity index (χ1v) is 8.38. The maximum absolute atomic E-state index is 12.6. The summed E-state index contributed by atoms with van der Waals surface area (Å²) in [4.78, 5) is 28.1. The molecule has 1 aromatic carbocycles. The van der Waals surface area contributed by atoms with Crippen molar-refractivity contribution in [2.45, 2.75) is 24.1 Å². The number of thioether (sulfide) groups is 1. The molecule has 3 rings (SSSR count). The minimum Gasteiger partial charge on any atom is -0.423 e. The van der Waals surface area contributed by atoms with Crippen LogP contribution in [-0.4, -0.2) is 16.1 Å². The quantitative estimate of drug-likeness (QED) is 0.575. The van der Waals surface area contributed by atoms with Crippen molar-refractivity contribution in [3.05, 3.63) is 64.6 Å². The maximum Gasteiger partial charge on any atom is 0.336 e. The maximum atomic E-state index is 12.6. The second kappa shape index (κ2) is 6.88. The van der Waals surface area contributed by atoms with E-state index in [1.807, 2.05) is 0 Å². The van der Waals surface area contributed by atoms with Crippen molar-refractivity contribution in [2.24, 2.45) is 0 Å². The van der Waals surface area contributed by atoms with E-state index in [1.165, 1.54) is 6.07 Å². The second-order valence-electron chi connectivity index (χ2n) is 5.48. The first kappa shape index (κ1) is 16.3. The van der Waals surface area contributed by atoms with Gasteiger partial charge in [-0.05, 0) is 36.4 Å². The summed E-state index contributed by atoms with van der Waals surface area (Å²) < 4.78 is 5.09. The van der Waals surface area contributed by atoms with Crippen molar-refractivity contribution in [1.82, 2.24) is 4.98 Å². The third-order valence-corrected chi connectivity index (χ3v) is 4.26. The molecule has 1 amide bonds. The Morgan fingerprint density at radius 2 is 2.04 bits per heavy atom. The van der Waals surface area contributed by atoms with Gasteiger partial charge in [0.15, 0.2) is 0 Å². The Hall–Kier alpha value is -2.60. The molecule has 24 heavy (non-hydrogen) atoms. The number of carbonyl (C=O) groups is 1. The van der Waals surface area contributed by atoms with Crippen LogP contribution in [0.15, 0.2) is 62.9 Å². The van der Waals surface area contributed by atoms with E-state index in [4.69, 9.17) is 4.42 Å². The summed E-state index contributed by atoms with van der Waals surface area (Å²) in [6.07, 6.45) is 1.68. The lowest BCUT2D eigenvalue weighted by atomic mass is 10.2. The number of anilines is 1. The predicted octanol–water partition coefficient (Wildman–Crippen LogP) is 3.94. The lowest BCUT2D eigenvalue weighted by Gasteiger charge is -2.10. The van der Waals surface area contributed by atoms with Crippen LogP contribution in [-0.2, 0) is 0 Å². The molecule has 6 heteroatoms. The minimum atomic E-state index is -0.398. The Morgan fingerprint density at radius 1 is 1.21 bits per heavy atom. The van der Waals surface area contributed by atoms with Gasteiger partial charge in [-0.2, -0.15) is 0 Å². The molecule has 0 bridgehead atoms. The van der Waals surface area contributed by atoms with E-state index < -0.39 is 5.63 Å². The van der Waals surface area contributed by atoms with E-state index in [2.05, 4.69) is 24.1 Å². The van der Waals surface area contributed by atoms with Gasteiger partial charge >= 0.3 is 5.63 Å². The molecular weight excluding hydrogens is 324 g/mol. The zero-order chi connectivity index (χ0) is 17.1. The fourth-order valence-electron chi connectivity index (χ4n) is 2.23. The molecule has 5 nitrogen and oxygen atoms in total. The summed E-state index contributed by atoms with van der Waals surface area (Å²) in [7, 11) is 0. The van der Waals surface area contributed by atoms with E-state index in [9.17, 15) is 9.59 Å². The van der Waals surface area contributed by atoms with E-state index in [0.717, 1.165) is 5.39 Å². The van der Waals surface area contributed by atoms with Gasteiger partial charge in [-0.15, -0.1) is 11.8 Å². The summed E-state index contributed by atoms with van der Waals surface area (Å²) in [6, 6.07) is 11.7. The van der Waals surface area contributed by atoms with Gasteiger partial charge in [0.1, 0.15) is 10.6 Å². The highest BCUT2D eigenvalue weighted by molar-refractivity contribution is 7.99. The third kappa shape index (κ3) is 3.65. The van der Waals surface area contributed by atoms with E-state index in [0.29, 0.717) is 27.1 Å². The molecule has 2 heterocycles. The molecule has 0 saturated carbocycles. The van der Waals surface area contributed by atoms with Crippen LogP contribution in [0, 0.1) is 0 Å². The van der Waals surface area contributed by atoms with E-state index in [1.54, 1.807) is 54.4 Å². The number of carbonyl (C=O) groups excluding carboxylic acids is 1. The molecule has 1 N–H and O–H groups in total. The number of amides is 1. The van der Waals surface area contributed by atoms with Gasteiger partial charge in [0.05, 0.1) is 5.56 Å².